The van der Waals surface area contributed by atoms with Gasteiger partial charge in [0.1, 0.15) is 11.6 Å². The van der Waals surface area contributed by atoms with Gasteiger partial charge >= 0.3 is 6.18 Å². The fraction of sp³-hybridized carbons (Fsp3) is 0.389. The van der Waals surface area contributed by atoms with Gasteiger partial charge in [-0.05, 0) is 17.7 Å². The van der Waals surface area contributed by atoms with Gasteiger partial charge in [-0.3, -0.25) is 4.79 Å². The van der Waals surface area contributed by atoms with Crippen LogP contribution in [0.1, 0.15) is 11.3 Å². The number of rotatable bonds is 7. The molecule has 0 aliphatic rings. The first-order valence-corrected chi connectivity index (χ1v) is 8.35. The van der Waals surface area contributed by atoms with Gasteiger partial charge < -0.3 is 19.9 Å². The first-order chi connectivity index (χ1) is 13.1. The van der Waals surface area contributed by atoms with E-state index in [9.17, 15) is 18.0 Å². The Morgan fingerprint density at radius 3 is 2.46 bits per heavy atom. The van der Waals surface area contributed by atoms with E-state index < -0.39 is 11.9 Å². The maximum atomic E-state index is 13.1. The van der Waals surface area contributed by atoms with E-state index in [-0.39, 0.29) is 30.8 Å². The van der Waals surface area contributed by atoms with E-state index in [0.717, 1.165) is 11.6 Å². The molecular formula is C18H22F3N5O2. The molecule has 0 atom stereocenters. The quantitative estimate of drug-likeness (QED) is 0.775. The second-order valence-electron chi connectivity index (χ2n) is 6.40. The Labute approximate surface area is 161 Å². The van der Waals surface area contributed by atoms with Gasteiger partial charge in [-0.25, -0.2) is 4.98 Å². The summed E-state index contributed by atoms with van der Waals surface area (Å²) in [5.74, 6) is 0.308. The molecule has 1 aromatic heterocycles. The standard InChI is InChI=1S/C18H22F3N5O2/c1-25(2)15-9-14(18(19,20)21)23-17(24-15)22-10-12-6-5-7-13(8-12)28-11-16(27)26(3)4/h5-9H,10-11H2,1-4H3,(H,22,23,24). The summed E-state index contributed by atoms with van der Waals surface area (Å²) in [6.45, 7) is 0.0832. The largest absolute Gasteiger partial charge is 0.484 e. The highest BCUT2D eigenvalue weighted by atomic mass is 19.4. The van der Waals surface area contributed by atoms with Crippen molar-refractivity contribution >= 4 is 17.7 Å². The van der Waals surface area contributed by atoms with Crippen molar-refractivity contribution in [2.45, 2.75) is 12.7 Å². The summed E-state index contributed by atoms with van der Waals surface area (Å²) >= 11 is 0. The highest BCUT2D eigenvalue weighted by molar-refractivity contribution is 5.77. The molecule has 0 saturated carbocycles. The van der Waals surface area contributed by atoms with E-state index in [1.807, 2.05) is 0 Å². The van der Waals surface area contributed by atoms with Crippen LogP contribution in [0.3, 0.4) is 0 Å². The van der Waals surface area contributed by atoms with E-state index in [0.29, 0.717) is 5.75 Å². The number of likely N-dealkylation sites (N-methyl/N-ethyl adjacent to an activating group) is 1. The van der Waals surface area contributed by atoms with Crippen LogP contribution in [-0.4, -0.2) is 55.6 Å². The van der Waals surface area contributed by atoms with Gasteiger partial charge in [-0.2, -0.15) is 18.2 Å². The predicted octanol–water partition coefficient (Wildman–Crippen LogP) is 2.64. The summed E-state index contributed by atoms with van der Waals surface area (Å²) in [5.41, 5.74) is -0.282. The molecule has 1 N–H and O–H groups in total. The fourth-order valence-electron chi connectivity index (χ4n) is 2.09. The summed E-state index contributed by atoms with van der Waals surface area (Å²) in [7, 11) is 6.45. The first-order valence-electron chi connectivity index (χ1n) is 8.35. The number of anilines is 2. The summed E-state index contributed by atoms with van der Waals surface area (Å²) in [6, 6.07) is 7.77. The maximum Gasteiger partial charge on any atom is 0.433 e. The van der Waals surface area contributed by atoms with Crippen molar-refractivity contribution in [3.63, 3.8) is 0 Å². The third-order valence-corrected chi connectivity index (χ3v) is 3.67. The average Bonchev–Trinajstić information content (AvgIpc) is 2.63. The molecule has 1 heterocycles. The van der Waals surface area contributed by atoms with Crippen LogP contribution in [0.4, 0.5) is 24.9 Å². The minimum atomic E-state index is -4.57. The summed E-state index contributed by atoms with van der Waals surface area (Å²) in [4.78, 5) is 22.1. The van der Waals surface area contributed by atoms with Crippen LogP contribution in [-0.2, 0) is 17.5 Å². The molecule has 0 aliphatic carbocycles. The van der Waals surface area contributed by atoms with E-state index in [1.54, 1.807) is 52.5 Å². The Kier molecular flexibility index (Phi) is 6.66. The van der Waals surface area contributed by atoms with Crippen LogP contribution in [0.5, 0.6) is 5.75 Å². The number of hydrogen-bond acceptors (Lipinski definition) is 6. The number of carbonyl (C=O) groups excluding carboxylic acids is 1. The lowest BCUT2D eigenvalue weighted by Crippen LogP contribution is -2.27. The highest BCUT2D eigenvalue weighted by Gasteiger charge is 2.34. The van der Waals surface area contributed by atoms with E-state index in [1.165, 1.54) is 9.80 Å². The van der Waals surface area contributed by atoms with Gasteiger partial charge in [0.25, 0.3) is 5.91 Å². The highest BCUT2D eigenvalue weighted by Crippen LogP contribution is 2.30. The van der Waals surface area contributed by atoms with E-state index in [4.69, 9.17) is 4.74 Å². The molecule has 0 unspecified atom stereocenters. The SMILES string of the molecule is CN(C)C(=O)COc1cccc(CNc2nc(N(C)C)cc(C(F)(F)F)n2)c1. The third-order valence-electron chi connectivity index (χ3n) is 3.67. The second-order valence-corrected chi connectivity index (χ2v) is 6.40. The predicted molar refractivity (Wildman–Crippen MR) is 99.3 cm³/mol. The first kappa shape index (κ1) is 21.3. The number of nitrogens with one attached hydrogen (secondary N) is 1. The fourth-order valence-corrected chi connectivity index (χ4v) is 2.09. The normalized spacial score (nSPS) is 11.1. The van der Waals surface area contributed by atoms with Crippen molar-refractivity contribution < 1.29 is 22.7 Å². The lowest BCUT2D eigenvalue weighted by atomic mass is 10.2. The van der Waals surface area contributed by atoms with Gasteiger partial charge in [0.15, 0.2) is 12.3 Å². The Morgan fingerprint density at radius 1 is 1.14 bits per heavy atom. The van der Waals surface area contributed by atoms with Gasteiger partial charge in [-0.1, -0.05) is 12.1 Å². The number of carbonyl (C=O) groups is 1. The van der Waals surface area contributed by atoms with Gasteiger partial charge in [0.05, 0.1) is 0 Å². The summed E-state index contributed by atoms with van der Waals surface area (Å²) < 4.78 is 44.6. The zero-order valence-electron chi connectivity index (χ0n) is 16.0. The Bertz CT molecular complexity index is 825. The number of ether oxygens (including phenoxy) is 1. The molecule has 28 heavy (non-hydrogen) atoms. The third kappa shape index (κ3) is 6.00. The number of alkyl halides is 3. The Hall–Kier alpha value is -3.04. The van der Waals surface area contributed by atoms with Crippen molar-refractivity contribution in [2.75, 3.05) is 45.0 Å². The molecule has 0 aliphatic heterocycles. The molecule has 0 spiro atoms. The second kappa shape index (κ2) is 8.77. The minimum Gasteiger partial charge on any atom is -0.484 e. The van der Waals surface area contributed by atoms with E-state index >= 15 is 0 Å². The van der Waals surface area contributed by atoms with Crippen molar-refractivity contribution in [3.05, 3.63) is 41.6 Å². The number of aromatic nitrogens is 2. The molecule has 152 valence electrons. The molecule has 0 saturated heterocycles. The molecular weight excluding hydrogens is 375 g/mol. The van der Waals surface area contributed by atoms with Crippen molar-refractivity contribution in [1.82, 2.24) is 14.9 Å². The van der Waals surface area contributed by atoms with Crippen LogP contribution in [0.25, 0.3) is 0 Å². The number of hydrogen-bond donors (Lipinski definition) is 1. The maximum absolute atomic E-state index is 13.1. The van der Waals surface area contributed by atoms with Gasteiger partial charge in [0.2, 0.25) is 5.95 Å². The van der Waals surface area contributed by atoms with Crippen LogP contribution >= 0.6 is 0 Å². The molecule has 1 aromatic carbocycles. The molecule has 2 rings (SSSR count). The van der Waals surface area contributed by atoms with Crippen molar-refractivity contribution in [3.8, 4) is 5.75 Å². The molecule has 1 amide bonds. The smallest absolute Gasteiger partial charge is 0.433 e. The monoisotopic (exact) mass is 397 g/mol. The van der Waals surface area contributed by atoms with E-state index in [2.05, 4.69) is 15.3 Å². The molecule has 10 heteroatoms. The summed E-state index contributed by atoms with van der Waals surface area (Å²) in [5, 5.41) is 2.80. The summed E-state index contributed by atoms with van der Waals surface area (Å²) in [6.07, 6.45) is -4.57. The minimum absolute atomic E-state index is 0.104. The number of halogens is 3. The number of nitrogens with zero attached hydrogens (tertiary/aromatic N) is 4. The van der Waals surface area contributed by atoms with Crippen molar-refractivity contribution in [1.29, 1.82) is 0 Å². The van der Waals surface area contributed by atoms with Gasteiger partial charge in [0, 0.05) is 40.8 Å². The van der Waals surface area contributed by atoms with Crippen LogP contribution < -0.4 is 15.0 Å². The van der Waals surface area contributed by atoms with Crippen molar-refractivity contribution in [2.24, 2.45) is 0 Å². The molecule has 0 bridgehead atoms. The van der Waals surface area contributed by atoms with Crippen LogP contribution in [0.15, 0.2) is 30.3 Å². The van der Waals surface area contributed by atoms with Gasteiger partial charge in [-0.15, -0.1) is 0 Å². The Morgan fingerprint density at radius 2 is 1.86 bits per heavy atom. The lowest BCUT2D eigenvalue weighted by molar-refractivity contribution is -0.141. The zero-order chi connectivity index (χ0) is 20.9. The molecule has 2 aromatic rings. The zero-order valence-corrected chi connectivity index (χ0v) is 16.0. The van der Waals surface area contributed by atoms with Crippen LogP contribution in [0, 0.1) is 0 Å². The average molecular weight is 397 g/mol. The number of benzene rings is 1. The molecule has 0 fully saturated rings. The lowest BCUT2D eigenvalue weighted by Gasteiger charge is -2.16. The molecule has 0 radical (unpaired) electrons. The topological polar surface area (TPSA) is 70.6 Å². The molecule has 7 nitrogen and oxygen atoms in total. The van der Waals surface area contributed by atoms with Crippen LogP contribution in [0.2, 0.25) is 0 Å². The number of amides is 1. The Balaban J connectivity index is 2.10.